The molecule has 1 fully saturated rings. The lowest BCUT2D eigenvalue weighted by Gasteiger charge is -2.14. The van der Waals surface area contributed by atoms with E-state index in [0.29, 0.717) is 24.4 Å². The van der Waals surface area contributed by atoms with Crippen molar-refractivity contribution in [3.63, 3.8) is 0 Å². The summed E-state index contributed by atoms with van der Waals surface area (Å²) in [5, 5.41) is 10.6. The van der Waals surface area contributed by atoms with Gasteiger partial charge in [-0.3, -0.25) is 0 Å². The lowest BCUT2D eigenvalue weighted by Crippen LogP contribution is -2.16. The number of ether oxygens (including phenoxy) is 2. The van der Waals surface area contributed by atoms with Gasteiger partial charge in [0, 0.05) is 23.8 Å². The number of nitriles is 1. The van der Waals surface area contributed by atoms with Gasteiger partial charge in [0.15, 0.2) is 0 Å². The minimum Gasteiger partial charge on any atom is -0.463 e. The van der Waals surface area contributed by atoms with Crippen LogP contribution >= 0.6 is 0 Å². The molecule has 0 radical (unpaired) electrons. The Morgan fingerprint density at radius 3 is 3.00 bits per heavy atom. The van der Waals surface area contributed by atoms with E-state index in [1.54, 1.807) is 13.0 Å². The molecule has 1 atom stereocenters. The SMILES string of the molecule is CCOC(=O)/C=C/c1c(C#N)c2c(C)cc(C)nc2n1CC1CCCO1. The van der Waals surface area contributed by atoms with Gasteiger partial charge in [-0.15, -0.1) is 0 Å². The molecule has 1 saturated heterocycles. The molecule has 0 aliphatic carbocycles. The largest absolute Gasteiger partial charge is 0.463 e. The van der Waals surface area contributed by atoms with Crippen molar-refractivity contribution in [2.75, 3.05) is 13.2 Å². The Balaban J connectivity index is 2.17. The van der Waals surface area contributed by atoms with Crippen molar-refractivity contribution >= 4 is 23.1 Å². The number of aryl methyl sites for hydroxylation is 2. The number of hydrogen-bond acceptors (Lipinski definition) is 5. The molecule has 0 amide bonds. The Morgan fingerprint density at radius 1 is 1.54 bits per heavy atom. The Kier molecular flexibility index (Phi) is 5.38. The molecule has 1 unspecified atom stereocenters. The van der Waals surface area contributed by atoms with Crippen LogP contribution in [0.2, 0.25) is 0 Å². The number of fused-ring (bicyclic) bond motifs is 1. The zero-order valence-corrected chi connectivity index (χ0v) is 15.4. The Labute approximate surface area is 153 Å². The number of carbonyl (C=O) groups excluding carboxylic acids is 1. The van der Waals surface area contributed by atoms with Crippen LogP contribution in [-0.2, 0) is 20.8 Å². The first-order valence-corrected chi connectivity index (χ1v) is 8.92. The number of hydrogen-bond donors (Lipinski definition) is 0. The van der Waals surface area contributed by atoms with Crippen LogP contribution in [0.4, 0.5) is 0 Å². The minimum absolute atomic E-state index is 0.0921. The maximum atomic E-state index is 11.8. The summed E-state index contributed by atoms with van der Waals surface area (Å²) in [5.74, 6) is -0.425. The molecule has 26 heavy (non-hydrogen) atoms. The van der Waals surface area contributed by atoms with Gasteiger partial charge in [-0.1, -0.05) is 0 Å². The first-order valence-electron chi connectivity index (χ1n) is 8.92. The van der Waals surface area contributed by atoms with Crippen molar-refractivity contribution in [3.8, 4) is 6.07 Å². The quantitative estimate of drug-likeness (QED) is 0.609. The van der Waals surface area contributed by atoms with Gasteiger partial charge in [-0.05, 0) is 51.3 Å². The second-order valence-electron chi connectivity index (χ2n) is 6.48. The van der Waals surface area contributed by atoms with Crippen LogP contribution in [0.5, 0.6) is 0 Å². The zero-order chi connectivity index (χ0) is 18.7. The molecule has 0 aromatic carbocycles. The Hall–Kier alpha value is -2.65. The van der Waals surface area contributed by atoms with Crippen LogP contribution in [0, 0.1) is 25.2 Å². The third-order valence-corrected chi connectivity index (χ3v) is 4.56. The number of pyridine rings is 1. The smallest absolute Gasteiger partial charge is 0.330 e. The number of esters is 1. The van der Waals surface area contributed by atoms with E-state index in [2.05, 4.69) is 11.1 Å². The van der Waals surface area contributed by atoms with Gasteiger partial charge >= 0.3 is 5.97 Å². The summed E-state index contributed by atoms with van der Waals surface area (Å²) in [6.07, 6.45) is 5.13. The van der Waals surface area contributed by atoms with Crippen LogP contribution < -0.4 is 0 Å². The molecule has 2 aromatic heterocycles. The molecule has 0 saturated carbocycles. The van der Waals surface area contributed by atoms with Crippen molar-refractivity contribution in [1.29, 1.82) is 5.26 Å². The lowest BCUT2D eigenvalue weighted by atomic mass is 10.1. The highest BCUT2D eigenvalue weighted by Crippen LogP contribution is 2.30. The molecule has 6 heteroatoms. The molecule has 0 spiro atoms. The van der Waals surface area contributed by atoms with Crippen LogP contribution in [-0.4, -0.2) is 34.8 Å². The number of nitrogens with zero attached hydrogens (tertiary/aromatic N) is 3. The molecular formula is C20H23N3O3. The minimum atomic E-state index is -0.425. The number of rotatable bonds is 5. The van der Waals surface area contributed by atoms with Gasteiger partial charge in [0.25, 0.3) is 0 Å². The maximum absolute atomic E-state index is 11.8. The van der Waals surface area contributed by atoms with E-state index >= 15 is 0 Å². The molecule has 136 valence electrons. The molecule has 6 nitrogen and oxygen atoms in total. The van der Waals surface area contributed by atoms with Gasteiger partial charge in [-0.25, -0.2) is 9.78 Å². The molecule has 0 bridgehead atoms. The highest BCUT2D eigenvalue weighted by atomic mass is 16.5. The molecule has 3 rings (SSSR count). The van der Waals surface area contributed by atoms with E-state index in [-0.39, 0.29) is 6.10 Å². The van der Waals surface area contributed by atoms with Crippen molar-refractivity contribution < 1.29 is 14.3 Å². The average molecular weight is 353 g/mol. The monoisotopic (exact) mass is 353 g/mol. The fraction of sp³-hybridized carbons (Fsp3) is 0.450. The van der Waals surface area contributed by atoms with Gasteiger partial charge in [0.2, 0.25) is 0 Å². The molecule has 1 aliphatic heterocycles. The first kappa shape index (κ1) is 18.2. The van der Waals surface area contributed by atoms with E-state index in [9.17, 15) is 10.1 Å². The fourth-order valence-electron chi connectivity index (χ4n) is 3.50. The van der Waals surface area contributed by atoms with E-state index in [0.717, 1.165) is 41.7 Å². The van der Waals surface area contributed by atoms with Crippen molar-refractivity contribution in [1.82, 2.24) is 9.55 Å². The lowest BCUT2D eigenvalue weighted by molar-refractivity contribution is -0.137. The van der Waals surface area contributed by atoms with Crippen molar-refractivity contribution in [3.05, 3.63) is 34.7 Å². The zero-order valence-electron chi connectivity index (χ0n) is 15.4. The summed E-state index contributed by atoms with van der Waals surface area (Å²) in [7, 11) is 0. The highest BCUT2D eigenvalue weighted by Gasteiger charge is 2.23. The van der Waals surface area contributed by atoms with E-state index < -0.39 is 5.97 Å². The number of carbonyl (C=O) groups is 1. The second-order valence-corrected chi connectivity index (χ2v) is 6.48. The summed E-state index contributed by atoms with van der Waals surface area (Å²) in [6.45, 7) is 7.36. The summed E-state index contributed by atoms with van der Waals surface area (Å²) in [4.78, 5) is 16.4. The van der Waals surface area contributed by atoms with E-state index in [4.69, 9.17) is 9.47 Å². The average Bonchev–Trinajstić information content (AvgIpc) is 3.20. The predicted octanol–water partition coefficient (Wildman–Crippen LogP) is 3.28. The normalized spacial score (nSPS) is 17.1. The van der Waals surface area contributed by atoms with Crippen molar-refractivity contribution in [2.45, 2.75) is 46.3 Å². The highest BCUT2D eigenvalue weighted by molar-refractivity contribution is 5.94. The summed E-state index contributed by atoms with van der Waals surface area (Å²) >= 11 is 0. The van der Waals surface area contributed by atoms with Gasteiger partial charge in [0.05, 0.1) is 30.5 Å². The second kappa shape index (κ2) is 7.71. The molecule has 3 heterocycles. The first-order chi connectivity index (χ1) is 12.5. The summed E-state index contributed by atoms with van der Waals surface area (Å²) < 4.78 is 12.7. The van der Waals surface area contributed by atoms with Crippen LogP contribution in [0.1, 0.15) is 42.3 Å². The standard InChI is InChI=1S/C20H23N3O3/c1-4-25-18(24)8-7-17-16(11-21)19-13(2)10-14(3)22-20(19)23(17)12-15-6-5-9-26-15/h7-8,10,15H,4-6,9,12H2,1-3H3/b8-7+. The molecule has 0 N–H and O–H groups in total. The van der Waals surface area contributed by atoms with Crippen LogP contribution in [0.25, 0.3) is 17.1 Å². The molecular weight excluding hydrogens is 330 g/mol. The van der Waals surface area contributed by atoms with E-state index in [1.165, 1.54) is 6.08 Å². The predicted molar refractivity (Wildman–Crippen MR) is 98.6 cm³/mol. The maximum Gasteiger partial charge on any atom is 0.330 e. The van der Waals surface area contributed by atoms with Gasteiger partial charge < -0.3 is 14.0 Å². The van der Waals surface area contributed by atoms with Gasteiger partial charge in [0.1, 0.15) is 11.7 Å². The summed E-state index contributed by atoms with van der Waals surface area (Å²) in [5.41, 5.74) is 3.86. The molecule has 1 aliphatic rings. The van der Waals surface area contributed by atoms with Gasteiger partial charge in [-0.2, -0.15) is 5.26 Å². The topological polar surface area (TPSA) is 77.1 Å². The Morgan fingerprint density at radius 2 is 2.35 bits per heavy atom. The van der Waals surface area contributed by atoms with Crippen LogP contribution in [0.3, 0.4) is 0 Å². The van der Waals surface area contributed by atoms with Crippen molar-refractivity contribution in [2.24, 2.45) is 0 Å². The summed E-state index contributed by atoms with van der Waals surface area (Å²) in [6, 6.07) is 4.27. The fourth-order valence-corrected chi connectivity index (χ4v) is 3.50. The van der Waals surface area contributed by atoms with Crippen LogP contribution in [0.15, 0.2) is 12.1 Å². The molecule has 2 aromatic rings. The third kappa shape index (κ3) is 3.49. The third-order valence-electron chi connectivity index (χ3n) is 4.56. The Bertz CT molecular complexity index is 899. The number of aromatic nitrogens is 2. The van der Waals surface area contributed by atoms with E-state index in [1.807, 2.05) is 24.5 Å².